The summed E-state index contributed by atoms with van der Waals surface area (Å²) in [5, 5.41) is 14.4. The van der Waals surface area contributed by atoms with Crippen LogP contribution in [0.5, 0.6) is 0 Å². The number of benzene rings is 1. The minimum Gasteiger partial charge on any atom is -0.379 e. The Kier molecular flexibility index (Phi) is 6.50. The molecule has 1 aromatic carbocycles. The maximum Gasteiger partial charge on any atom is 0.269 e. The molecule has 2 atom stereocenters. The fourth-order valence-corrected chi connectivity index (χ4v) is 4.84. The highest BCUT2D eigenvalue weighted by Gasteiger charge is 2.41. The van der Waals surface area contributed by atoms with Crippen LogP contribution in [-0.2, 0) is 16.0 Å². The van der Waals surface area contributed by atoms with E-state index in [1.165, 1.54) is 0 Å². The highest BCUT2D eigenvalue weighted by atomic mass is 16.6. The van der Waals surface area contributed by atoms with Crippen molar-refractivity contribution < 1.29 is 14.5 Å². The number of hydrogen-bond acceptors (Lipinski definition) is 7. The molecule has 30 heavy (non-hydrogen) atoms. The van der Waals surface area contributed by atoms with Crippen LogP contribution in [0.15, 0.2) is 18.2 Å². The van der Waals surface area contributed by atoms with Crippen molar-refractivity contribution >= 4 is 17.3 Å². The van der Waals surface area contributed by atoms with E-state index in [-0.39, 0.29) is 28.5 Å². The summed E-state index contributed by atoms with van der Waals surface area (Å²) < 4.78 is 5.37. The molecule has 0 bridgehead atoms. The Bertz CT molecular complexity index is 783. The van der Waals surface area contributed by atoms with Crippen molar-refractivity contribution in [3.8, 4) is 0 Å². The average Bonchev–Trinajstić information content (AvgIpc) is 2.76. The molecular formula is C21H31N5O4. The molecule has 4 rings (SSSR count). The highest BCUT2D eigenvalue weighted by Crippen LogP contribution is 2.37. The van der Waals surface area contributed by atoms with E-state index in [0.717, 1.165) is 70.2 Å². The number of anilines is 1. The predicted octanol–water partition coefficient (Wildman–Crippen LogP) is 0.726. The van der Waals surface area contributed by atoms with Gasteiger partial charge >= 0.3 is 0 Å². The van der Waals surface area contributed by atoms with Crippen molar-refractivity contribution in [3.63, 3.8) is 0 Å². The number of nitro benzene ring substituents is 1. The number of ether oxygens (including phenoxy) is 1. The third-order valence-electron chi connectivity index (χ3n) is 6.50. The van der Waals surface area contributed by atoms with Gasteiger partial charge < -0.3 is 19.9 Å². The molecule has 3 aliphatic rings. The average molecular weight is 418 g/mol. The Morgan fingerprint density at radius 2 is 2.07 bits per heavy atom. The molecule has 1 aromatic rings. The standard InChI is InChI=1S/C21H31N5O4/c1-23-7-8-25-19-4-3-17(26(28)29)13-16(19)14-18(20(25)15-23)21(27)22-5-2-6-24-9-11-30-12-10-24/h3-4,13,18,20H,2,5-12,14-15H2,1H3,(H,22,27)/t18-,20-/m1/s1. The minimum atomic E-state index is -0.364. The molecule has 3 aliphatic heterocycles. The summed E-state index contributed by atoms with van der Waals surface area (Å²) in [7, 11) is 2.08. The van der Waals surface area contributed by atoms with Gasteiger partial charge in [-0.25, -0.2) is 0 Å². The van der Waals surface area contributed by atoms with E-state index in [0.29, 0.717) is 13.0 Å². The van der Waals surface area contributed by atoms with E-state index in [9.17, 15) is 14.9 Å². The van der Waals surface area contributed by atoms with E-state index in [1.807, 2.05) is 6.07 Å². The Morgan fingerprint density at radius 1 is 1.27 bits per heavy atom. The minimum absolute atomic E-state index is 0.0550. The molecule has 0 radical (unpaired) electrons. The Labute approximate surface area is 177 Å². The number of piperazine rings is 1. The molecule has 1 N–H and O–H groups in total. The second kappa shape index (κ2) is 9.28. The van der Waals surface area contributed by atoms with Crippen LogP contribution in [0.2, 0.25) is 0 Å². The molecule has 9 heteroatoms. The van der Waals surface area contributed by atoms with E-state index >= 15 is 0 Å². The van der Waals surface area contributed by atoms with E-state index < -0.39 is 0 Å². The number of nitrogens with one attached hydrogen (secondary N) is 1. The second-order valence-corrected chi connectivity index (χ2v) is 8.50. The van der Waals surface area contributed by atoms with Gasteiger partial charge in [0.2, 0.25) is 5.91 Å². The number of fused-ring (bicyclic) bond motifs is 3. The van der Waals surface area contributed by atoms with Crippen molar-refractivity contribution in [3.05, 3.63) is 33.9 Å². The fourth-order valence-electron chi connectivity index (χ4n) is 4.84. The molecule has 2 fully saturated rings. The molecule has 0 saturated carbocycles. The van der Waals surface area contributed by atoms with Gasteiger partial charge in [-0.1, -0.05) is 0 Å². The first-order valence-electron chi connectivity index (χ1n) is 10.8. The third kappa shape index (κ3) is 4.58. The first-order chi connectivity index (χ1) is 14.5. The van der Waals surface area contributed by atoms with Gasteiger partial charge in [0.1, 0.15) is 0 Å². The molecule has 2 saturated heterocycles. The van der Waals surface area contributed by atoms with Crippen LogP contribution >= 0.6 is 0 Å². The van der Waals surface area contributed by atoms with Crippen LogP contribution in [0.1, 0.15) is 12.0 Å². The van der Waals surface area contributed by atoms with Gasteiger partial charge in [-0.3, -0.25) is 19.8 Å². The summed E-state index contributed by atoms with van der Waals surface area (Å²) in [4.78, 5) is 30.9. The zero-order valence-electron chi connectivity index (χ0n) is 17.6. The van der Waals surface area contributed by atoms with Gasteiger partial charge in [0, 0.05) is 57.1 Å². The number of morpholine rings is 1. The zero-order valence-corrected chi connectivity index (χ0v) is 17.6. The van der Waals surface area contributed by atoms with E-state index in [2.05, 4.69) is 27.1 Å². The largest absolute Gasteiger partial charge is 0.379 e. The summed E-state index contributed by atoms with van der Waals surface area (Å²) in [6.45, 7) is 7.65. The number of hydrogen-bond donors (Lipinski definition) is 1. The Hall–Kier alpha value is -2.23. The number of rotatable bonds is 6. The van der Waals surface area contributed by atoms with Crippen LogP contribution < -0.4 is 10.2 Å². The topological polar surface area (TPSA) is 91.2 Å². The lowest BCUT2D eigenvalue weighted by Gasteiger charge is -2.48. The van der Waals surface area contributed by atoms with Gasteiger partial charge in [0.05, 0.1) is 30.1 Å². The Balaban J connectivity index is 1.42. The quantitative estimate of drug-likeness (QED) is 0.414. The van der Waals surface area contributed by atoms with Crippen LogP contribution in [0.25, 0.3) is 0 Å². The smallest absolute Gasteiger partial charge is 0.269 e. The first-order valence-corrected chi connectivity index (χ1v) is 10.8. The van der Waals surface area contributed by atoms with Crippen molar-refractivity contribution in [2.45, 2.75) is 18.9 Å². The van der Waals surface area contributed by atoms with E-state index in [1.54, 1.807) is 12.1 Å². The van der Waals surface area contributed by atoms with Crippen molar-refractivity contribution in [2.75, 3.05) is 71.0 Å². The maximum atomic E-state index is 13.1. The molecule has 0 aliphatic carbocycles. The SMILES string of the molecule is CN1CCN2c3ccc([N+](=O)[O-])cc3C[C@@H](C(=O)NCCCN3CCOCC3)[C@H]2C1. The number of likely N-dealkylation sites (N-methyl/N-ethyl adjacent to an activating group) is 1. The summed E-state index contributed by atoms with van der Waals surface area (Å²) in [6.07, 6.45) is 1.45. The number of non-ortho nitro benzene ring substituents is 1. The number of carbonyl (C=O) groups is 1. The van der Waals surface area contributed by atoms with Gasteiger partial charge in [-0.15, -0.1) is 0 Å². The lowest BCUT2D eigenvalue weighted by molar-refractivity contribution is -0.384. The third-order valence-corrected chi connectivity index (χ3v) is 6.50. The fraction of sp³-hybridized carbons (Fsp3) is 0.667. The molecule has 0 unspecified atom stereocenters. The number of carbonyl (C=O) groups excluding carboxylic acids is 1. The molecule has 0 aromatic heterocycles. The predicted molar refractivity (Wildman–Crippen MR) is 114 cm³/mol. The molecule has 1 amide bonds. The molecule has 9 nitrogen and oxygen atoms in total. The van der Waals surface area contributed by atoms with Gasteiger partial charge in [0.25, 0.3) is 5.69 Å². The van der Waals surface area contributed by atoms with Crippen LogP contribution in [0.3, 0.4) is 0 Å². The zero-order chi connectivity index (χ0) is 21.1. The maximum absolute atomic E-state index is 13.1. The lowest BCUT2D eigenvalue weighted by Crippen LogP contribution is -2.60. The normalized spacial score (nSPS) is 24.8. The summed E-state index contributed by atoms with van der Waals surface area (Å²) in [5.74, 6) is -0.148. The summed E-state index contributed by atoms with van der Waals surface area (Å²) in [6, 6.07) is 5.15. The highest BCUT2D eigenvalue weighted by molar-refractivity contribution is 5.82. The van der Waals surface area contributed by atoms with Gasteiger partial charge in [0.15, 0.2) is 0 Å². The van der Waals surface area contributed by atoms with Crippen LogP contribution in [0.4, 0.5) is 11.4 Å². The van der Waals surface area contributed by atoms with Gasteiger partial charge in [-0.2, -0.15) is 0 Å². The van der Waals surface area contributed by atoms with Crippen molar-refractivity contribution in [2.24, 2.45) is 5.92 Å². The van der Waals surface area contributed by atoms with Crippen LogP contribution in [0, 0.1) is 16.0 Å². The second-order valence-electron chi connectivity index (χ2n) is 8.50. The number of nitrogens with zero attached hydrogens (tertiary/aromatic N) is 4. The van der Waals surface area contributed by atoms with Crippen LogP contribution in [-0.4, -0.2) is 92.7 Å². The molecule has 3 heterocycles. The first kappa shape index (κ1) is 21.0. The van der Waals surface area contributed by atoms with Gasteiger partial charge in [-0.05, 0) is 38.1 Å². The lowest BCUT2D eigenvalue weighted by atomic mass is 9.83. The summed E-state index contributed by atoms with van der Waals surface area (Å²) in [5.41, 5.74) is 2.03. The molecule has 0 spiro atoms. The number of amides is 1. The Morgan fingerprint density at radius 3 is 2.83 bits per heavy atom. The monoisotopic (exact) mass is 417 g/mol. The molecular weight excluding hydrogens is 386 g/mol. The van der Waals surface area contributed by atoms with Crippen molar-refractivity contribution in [1.82, 2.24) is 15.1 Å². The number of nitro groups is 1. The van der Waals surface area contributed by atoms with Crippen molar-refractivity contribution in [1.29, 1.82) is 0 Å². The van der Waals surface area contributed by atoms with E-state index in [4.69, 9.17) is 4.74 Å². The molecule has 164 valence electrons. The summed E-state index contributed by atoms with van der Waals surface area (Å²) >= 11 is 0.